The molecule has 2 N–H and O–H groups in total. The minimum Gasteiger partial charge on any atom is -0.406 e. The highest BCUT2D eigenvalue weighted by atomic mass is 32.1. The number of nitrogens with one attached hydrogen (secondary N) is 2. The summed E-state index contributed by atoms with van der Waals surface area (Å²) in [6.45, 7) is 0.423. The van der Waals surface area contributed by atoms with Crippen LogP contribution < -0.4 is 15.4 Å². The lowest BCUT2D eigenvalue weighted by atomic mass is 10.1. The molecule has 2 amide bonds. The van der Waals surface area contributed by atoms with Crippen LogP contribution in [0.25, 0.3) is 17.1 Å². The molecular formula is C19H16F3N5O2S. The fraction of sp³-hybridized carbons (Fsp3) is 0.158. The van der Waals surface area contributed by atoms with Gasteiger partial charge < -0.3 is 15.4 Å². The van der Waals surface area contributed by atoms with Crippen LogP contribution in [0.5, 0.6) is 5.75 Å². The Bertz CT molecular complexity index is 1020. The van der Waals surface area contributed by atoms with E-state index in [2.05, 4.69) is 37.7 Å². The van der Waals surface area contributed by atoms with Crippen LogP contribution in [0, 0.1) is 0 Å². The van der Waals surface area contributed by atoms with Gasteiger partial charge in [0.05, 0.1) is 11.2 Å². The Morgan fingerprint density at radius 2 is 1.97 bits per heavy atom. The van der Waals surface area contributed by atoms with Crippen LogP contribution >= 0.6 is 12.2 Å². The molecule has 11 heteroatoms. The number of rotatable bonds is 7. The molecule has 0 atom stereocenters. The van der Waals surface area contributed by atoms with Crippen molar-refractivity contribution in [3.63, 3.8) is 0 Å². The van der Waals surface area contributed by atoms with Crippen molar-refractivity contribution in [2.45, 2.75) is 12.8 Å². The zero-order valence-corrected chi connectivity index (χ0v) is 16.2. The van der Waals surface area contributed by atoms with Gasteiger partial charge in [0.25, 0.3) is 0 Å². The van der Waals surface area contributed by atoms with Gasteiger partial charge >= 0.3 is 12.4 Å². The predicted molar refractivity (Wildman–Crippen MR) is 107 cm³/mol. The average Bonchev–Trinajstić information content (AvgIpc) is 3.18. The average molecular weight is 435 g/mol. The molecule has 30 heavy (non-hydrogen) atoms. The van der Waals surface area contributed by atoms with E-state index in [4.69, 9.17) is 0 Å². The summed E-state index contributed by atoms with van der Waals surface area (Å²) in [6, 6.07) is 12.5. The van der Waals surface area contributed by atoms with Gasteiger partial charge in [-0.1, -0.05) is 30.4 Å². The third-order valence-electron chi connectivity index (χ3n) is 3.90. The van der Waals surface area contributed by atoms with E-state index in [1.165, 1.54) is 35.3 Å². The number of hydrogen-bond acceptors (Lipinski definition) is 5. The van der Waals surface area contributed by atoms with Crippen molar-refractivity contribution in [3.05, 3.63) is 60.4 Å². The van der Waals surface area contributed by atoms with Crippen molar-refractivity contribution in [3.8, 4) is 22.8 Å². The number of halogens is 3. The van der Waals surface area contributed by atoms with Gasteiger partial charge in [-0.3, -0.25) is 0 Å². The molecule has 3 aromatic rings. The molecule has 0 bridgehead atoms. The predicted octanol–water partition coefficient (Wildman–Crippen LogP) is 3.63. The van der Waals surface area contributed by atoms with Gasteiger partial charge in [0.1, 0.15) is 12.1 Å². The summed E-state index contributed by atoms with van der Waals surface area (Å²) in [7, 11) is 0. The lowest BCUT2D eigenvalue weighted by Gasteiger charge is -2.09. The fourth-order valence-electron chi connectivity index (χ4n) is 2.61. The summed E-state index contributed by atoms with van der Waals surface area (Å²) >= 11 is 4.54. The van der Waals surface area contributed by atoms with Crippen LogP contribution in [0.2, 0.25) is 0 Å². The summed E-state index contributed by atoms with van der Waals surface area (Å²) in [5.74, 6) is 0.144. The highest BCUT2D eigenvalue weighted by molar-refractivity contribution is 7.78. The number of benzene rings is 2. The van der Waals surface area contributed by atoms with E-state index in [-0.39, 0.29) is 11.8 Å². The third-order valence-corrected chi connectivity index (χ3v) is 4.02. The van der Waals surface area contributed by atoms with Crippen LogP contribution in [0.15, 0.2) is 54.9 Å². The largest absolute Gasteiger partial charge is 0.573 e. The lowest BCUT2D eigenvalue weighted by molar-refractivity contribution is -0.274. The Morgan fingerprint density at radius 1 is 1.20 bits per heavy atom. The lowest BCUT2D eigenvalue weighted by Crippen LogP contribution is -2.35. The second kappa shape index (κ2) is 9.35. The molecule has 156 valence electrons. The molecule has 0 aliphatic carbocycles. The van der Waals surface area contributed by atoms with Crippen LogP contribution in [0.1, 0.15) is 5.56 Å². The maximum atomic E-state index is 12.3. The van der Waals surface area contributed by atoms with Gasteiger partial charge in [0.15, 0.2) is 5.82 Å². The molecule has 0 saturated carbocycles. The van der Waals surface area contributed by atoms with E-state index < -0.39 is 6.36 Å². The van der Waals surface area contributed by atoms with Crippen molar-refractivity contribution < 1.29 is 22.7 Å². The van der Waals surface area contributed by atoms with Crippen molar-refractivity contribution in [1.29, 1.82) is 0 Å². The third kappa shape index (κ3) is 6.01. The molecule has 3 rings (SSSR count). The second-order valence-electron chi connectivity index (χ2n) is 6.02. The quantitative estimate of drug-likeness (QED) is 0.554. The number of carbonyl (C=O) groups excluding carboxylic acids is 1. The Hall–Kier alpha value is -3.47. The Morgan fingerprint density at radius 3 is 2.67 bits per heavy atom. The van der Waals surface area contributed by atoms with Gasteiger partial charge in [0.2, 0.25) is 0 Å². The van der Waals surface area contributed by atoms with Gasteiger partial charge in [-0.25, -0.2) is 14.5 Å². The molecule has 1 heterocycles. The maximum Gasteiger partial charge on any atom is 0.573 e. The van der Waals surface area contributed by atoms with Crippen LogP contribution in [0.4, 0.5) is 18.0 Å². The van der Waals surface area contributed by atoms with Crippen molar-refractivity contribution in [2.24, 2.45) is 0 Å². The van der Waals surface area contributed by atoms with Crippen LogP contribution in [-0.4, -0.2) is 39.2 Å². The highest BCUT2D eigenvalue weighted by Crippen LogP contribution is 2.24. The van der Waals surface area contributed by atoms with E-state index in [1.807, 2.05) is 24.3 Å². The first-order valence-corrected chi connectivity index (χ1v) is 9.16. The first kappa shape index (κ1) is 21.2. The normalized spacial score (nSPS) is 11.0. The molecular weight excluding hydrogens is 419 g/mol. The first-order valence-electron chi connectivity index (χ1n) is 8.69. The van der Waals surface area contributed by atoms with Gasteiger partial charge in [-0.05, 0) is 42.3 Å². The molecule has 0 fully saturated rings. The molecule has 0 unspecified atom stereocenters. The highest BCUT2D eigenvalue weighted by Gasteiger charge is 2.31. The zero-order valence-electron chi connectivity index (χ0n) is 15.4. The molecule has 2 aromatic carbocycles. The molecule has 7 nitrogen and oxygen atoms in total. The second-order valence-corrected chi connectivity index (χ2v) is 6.26. The molecule has 1 aromatic heterocycles. The Balaban J connectivity index is 1.67. The molecule has 0 radical (unpaired) electrons. The van der Waals surface area contributed by atoms with E-state index in [0.29, 0.717) is 24.5 Å². The Labute approximate surface area is 174 Å². The number of aromatic nitrogens is 3. The van der Waals surface area contributed by atoms with Crippen molar-refractivity contribution >= 4 is 23.7 Å². The number of alkyl halides is 3. The summed E-state index contributed by atoms with van der Waals surface area (Å²) in [5.41, 5.74) is 3.41. The number of hydrogen-bond donors (Lipinski definition) is 2. The standard InChI is InChI=1S/C19H16F3N5O2S/c20-19(21,22)29-16-6-4-15(5-7-16)27-11-24-17(26-27)14-3-1-2-13(10-14)8-9-23-18(28)25-12-30/h1-7,10-12H,8-9H2,(H2,23,25,28,30). The van der Waals surface area contributed by atoms with Gasteiger partial charge in [0, 0.05) is 12.1 Å². The monoisotopic (exact) mass is 435 g/mol. The molecule has 0 saturated heterocycles. The van der Waals surface area contributed by atoms with Gasteiger partial charge in [-0.2, -0.15) is 0 Å². The zero-order chi connectivity index (χ0) is 21.6. The van der Waals surface area contributed by atoms with E-state index in [1.54, 1.807) is 0 Å². The minimum atomic E-state index is -4.74. The number of ether oxygens (including phenoxy) is 1. The first-order chi connectivity index (χ1) is 14.3. The van der Waals surface area contributed by atoms with E-state index in [0.717, 1.165) is 16.6 Å². The summed E-state index contributed by atoms with van der Waals surface area (Å²) < 4.78 is 42.1. The van der Waals surface area contributed by atoms with Crippen molar-refractivity contribution in [2.75, 3.05) is 6.54 Å². The topological polar surface area (TPSA) is 81.1 Å². The molecule has 0 spiro atoms. The summed E-state index contributed by atoms with van der Waals surface area (Å²) in [5, 5.41) is 9.40. The fourth-order valence-corrected chi connectivity index (χ4v) is 2.72. The van der Waals surface area contributed by atoms with Crippen molar-refractivity contribution in [1.82, 2.24) is 25.4 Å². The smallest absolute Gasteiger partial charge is 0.406 e. The number of carbonyl (C=O) groups is 1. The Kier molecular flexibility index (Phi) is 6.62. The number of amides is 2. The number of urea groups is 1. The van der Waals surface area contributed by atoms with Gasteiger partial charge in [-0.15, -0.1) is 18.3 Å². The number of nitrogens with zero attached hydrogens (tertiary/aromatic N) is 3. The SMILES string of the molecule is O=C(NC=S)NCCc1cccc(-c2ncn(-c3ccc(OC(F)(F)F)cc3)n2)c1. The molecule has 0 aliphatic heterocycles. The molecule has 0 aliphatic rings. The summed E-state index contributed by atoms with van der Waals surface area (Å²) in [6.07, 6.45) is -2.67. The van der Waals surface area contributed by atoms with E-state index in [9.17, 15) is 18.0 Å². The summed E-state index contributed by atoms with van der Waals surface area (Å²) in [4.78, 5) is 15.6. The van der Waals surface area contributed by atoms with Crippen LogP contribution in [0.3, 0.4) is 0 Å². The maximum absolute atomic E-state index is 12.3. The minimum absolute atomic E-state index is 0.313. The van der Waals surface area contributed by atoms with E-state index >= 15 is 0 Å². The van der Waals surface area contributed by atoms with Crippen LogP contribution in [-0.2, 0) is 6.42 Å². The number of thiocarbonyl (C=S) groups is 1.